The Morgan fingerprint density at radius 1 is 1.12 bits per heavy atom. The van der Waals surface area contributed by atoms with Gasteiger partial charge < -0.3 is 9.47 Å². The van der Waals surface area contributed by atoms with Crippen molar-refractivity contribution in [2.45, 2.75) is 20.3 Å². The first-order chi connectivity index (χ1) is 15.9. The minimum atomic E-state index is -0.434. The Kier molecular flexibility index (Phi) is 7.15. The van der Waals surface area contributed by atoms with Crippen molar-refractivity contribution in [3.63, 3.8) is 0 Å². The monoisotopic (exact) mass is 482 g/mol. The van der Waals surface area contributed by atoms with E-state index in [0.717, 1.165) is 17.0 Å². The molecule has 0 bridgehead atoms. The number of benzene rings is 2. The first-order valence-corrected chi connectivity index (χ1v) is 11.7. The largest absolute Gasteiger partial charge is 0.490 e. The smallest absolute Gasteiger partial charge is 0.283 e. The highest BCUT2D eigenvalue weighted by Crippen LogP contribution is 2.30. The summed E-state index contributed by atoms with van der Waals surface area (Å²) in [5.74, 6) is 1.32. The third-order valence-corrected chi connectivity index (χ3v) is 5.96. The van der Waals surface area contributed by atoms with Gasteiger partial charge in [0.1, 0.15) is 29.8 Å². The Morgan fingerprint density at radius 3 is 2.58 bits per heavy atom. The van der Waals surface area contributed by atoms with Gasteiger partial charge in [-0.25, -0.2) is 0 Å². The third-order valence-electron chi connectivity index (χ3n) is 4.72. The van der Waals surface area contributed by atoms with Crippen molar-refractivity contribution in [3.05, 3.63) is 64.7 Å². The van der Waals surface area contributed by atoms with Crippen molar-refractivity contribution >= 4 is 51.4 Å². The number of carbonyl (C=O) groups is 1. The molecule has 0 atom stereocenters. The summed E-state index contributed by atoms with van der Waals surface area (Å²) in [6.07, 6.45) is 2.43. The Bertz CT molecular complexity index is 1160. The number of thioether (sulfide) groups is 1. The molecule has 1 N–H and O–H groups in total. The molecule has 0 aliphatic carbocycles. The van der Waals surface area contributed by atoms with Crippen LogP contribution in [-0.2, 0) is 4.79 Å². The number of ether oxygens (including phenoxy) is 2. The molecule has 0 aromatic heterocycles. The number of aliphatic imine (C=N–C) groups is 1. The molecule has 0 radical (unpaired) electrons. The van der Waals surface area contributed by atoms with Crippen molar-refractivity contribution in [3.8, 4) is 11.5 Å². The summed E-state index contributed by atoms with van der Waals surface area (Å²) in [5.41, 5.74) is 0.968. The SMILES string of the molecule is CC(C)CC1=NN2C(=N)/C(=C/c3ccc(OCCOc4ccccc4Cl)cc3)C(=O)N=C2S1. The maximum absolute atomic E-state index is 12.5. The van der Waals surface area contributed by atoms with Gasteiger partial charge in [0, 0.05) is 6.42 Å². The summed E-state index contributed by atoms with van der Waals surface area (Å²) in [6.45, 7) is 4.91. The highest BCUT2D eigenvalue weighted by molar-refractivity contribution is 8.26. The van der Waals surface area contributed by atoms with E-state index >= 15 is 0 Å². The van der Waals surface area contributed by atoms with Gasteiger partial charge in [0.2, 0.25) is 5.17 Å². The molecule has 0 spiro atoms. The van der Waals surface area contributed by atoms with Crippen LogP contribution in [-0.4, -0.2) is 40.2 Å². The quantitative estimate of drug-likeness (QED) is 0.398. The Labute approximate surface area is 201 Å². The maximum atomic E-state index is 12.5. The first kappa shape index (κ1) is 23.1. The van der Waals surface area contributed by atoms with Crippen molar-refractivity contribution in [2.75, 3.05) is 13.2 Å². The van der Waals surface area contributed by atoms with Crippen LogP contribution in [0.5, 0.6) is 11.5 Å². The van der Waals surface area contributed by atoms with Gasteiger partial charge in [-0.2, -0.15) is 15.1 Å². The van der Waals surface area contributed by atoms with Gasteiger partial charge >= 0.3 is 0 Å². The van der Waals surface area contributed by atoms with Crippen LogP contribution in [0.4, 0.5) is 0 Å². The fourth-order valence-electron chi connectivity index (χ4n) is 3.16. The lowest BCUT2D eigenvalue weighted by molar-refractivity contribution is -0.114. The van der Waals surface area contributed by atoms with Crippen LogP contribution in [0, 0.1) is 11.3 Å². The molecule has 0 unspecified atom stereocenters. The van der Waals surface area contributed by atoms with E-state index < -0.39 is 5.91 Å². The number of amidine groups is 2. The summed E-state index contributed by atoms with van der Waals surface area (Å²) in [4.78, 5) is 16.7. The number of fused-ring (bicyclic) bond motifs is 1. The molecular weight excluding hydrogens is 460 g/mol. The average Bonchev–Trinajstić information content (AvgIpc) is 3.18. The molecule has 2 aromatic rings. The zero-order valence-electron chi connectivity index (χ0n) is 18.2. The fraction of sp³-hybridized carbons (Fsp3) is 0.250. The van der Waals surface area contributed by atoms with E-state index in [4.69, 9.17) is 26.5 Å². The number of hydrazone groups is 1. The molecule has 0 fully saturated rings. The van der Waals surface area contributed by atoms with Crippen molar-refractivity contribution in [2.24, 2.45) is 16.0 Å². The van der Waals surface area contributed by atoms with Gasteiger partial charge in [0.15, 0.2) is 5.84 Å². The summed E-state index contributed by atoms with van der Waals surface area (Å²) in [7, 11) is 0. The number of hydrogen-bond donors (Lipinski definition) is 1. The molecule has 2 aromatic carbocycles. The number of halogens is 1. The molecule has 0 saturated heterocycles. The number of para-hydroxylation sites is 1. The van der Waals surface area contributed by atoms with Gasteiger partial charge in [-0.3, -0.25) is 10.2 Å². The molecule has 33 heavy (non-hydrogen) atoms. The zero-order chi connectivity index (χ0) is 23.4. The summed E-state index contributed by atoms with van der Waals surface area (Å²) >= 11 is 7.42. The molecule has 0 saturated carbocycles. The van der Waals surface area contributed by atoms with Crippen LogP contribution in [0.15, 0.2) is 64.2 Å². The zero-order valence-corrected chi connectivity index (χ0v) is 19.8. The van der Waals surface area contributed by atoms with Crippen LogP contribution >= 0.6 is 23.4 Å². The van der Waals surface area contributed by atoms with Crippen LogP contribution < -0.4 is 9.47 Å². The standard InChI is InChI=1S/C24H23ClN4O3S/c1-15(2)13-21-28-29-22(26)18(23(30)27-24(29)33-21)14-16-7-9-17(10-8-16)31-11-12-32-20-6-4-3-5-19(20)25/h3-10,14-15,26H,11-13H2,1-2H3/b18-14-,26-22?. The molecule has 2 aliphatic rings. The lowest BCUT2D eigenvalue weighted by atomic mass is 10.1. The molecule has 2 heterocycles. The van der Waals surface area contributed by atoms with E-state index in [1.807, 2.05) is 24.3 Å². The van der Waals surface area contributed by atoms with E-state index in [0.29, 0.717) is 40.8 Å². The van der Waals surface area contributed by atoms with E-state index in [9.17, 15) is 4.79 Å². The Balaban J connectivity index is 1.36. The van der Waals surface area contributed by atoms with Gasteiger partial charge in [0.05, 0.1) is 10.6 Å². The molecule has 170 valence electrons. The topological polar surface area (TPSA) is 87.3 Å². The second-order valence-corrected chi connectivity index (χ2v) is 9.26. The van der Waals surface area contributed by atoms with Gasteiger partial charge in [-0.1, -0.05) is 49.7 Å². The summed E-state index contributed by atoms with van der Waals surface area (Å²) < 4.78 is 11.3. The van der Waals surface area contributed by atoms with Crippen molar-refractivity contribution < 1.29 is 14.3 Å². The highest BCUT2D eigenvalue weighted by Gasteiger charge is 2.35. The predicted octanol–water partition coefficient (Wildman–Crippen LogP) is 5.46. The molecule has 7 nitrogen and oxygen atoms in total. The molecule has 1 amide bonds. The van der Waals surface area contributed by atoms with E-state index in [2.05, 4.69) is 23.9 Å². The number of carbonyl (C=O) groups excluding carboxylic acids is 1. The number of nitrogens with zero attached hydrogens (tertiary/aromatic N) is 3. The van der Waals surface area contributed by atoms with Gasteiger partial charge in [-0.15, -0.1) is 0 Å². The Hall–Kier alpha value is -3.10. The number of nitrogens with one attached hydrogen (secondary N) is 1. The normalized spacial score (nSPS) is 16.7. The highest BCUT2D eigenvalue weighted by atomic mass is 35.5. The second-order valence-electron chi connectivity index (χ2n) is 7.81. The van der Waals surface area contributed by atoms with Crippen molar-refractivity contribution in [1.82, 2.24) is 5.01 Å². The van der Waals surface area contributed by atoms with Gasteiger partial charge in [0.25, 0.3) is 5.91 Å². The minimum absolute atomic E-state index is 0.0355. The second kappa shape index (κ2) is 10.2. The summed E-state index contributed by atoms with van der Waals surface area (Å²) in [5, 5.41) is 16.2. The molecule has 9 heteroatoms. The molecule has 2 aliphatic heterocycles. The predicted molar refractivity (Wildman–Crippen MR) is 133 cm³/mol. The van der Waals surface area contributed by atoms with E-state index in [1.54, 1.807) is 30.3 Å². The third kappa shape index (κ3) is 5.64. The average molecular weight is 483 g/mol. The number of hydrogen-bond acceptors (Lipinski definition) is 6. The molecule has 4 rings (SSSR count). The Morgan fingerprint density at radius 2 is 1.85 bits per heavy atom. The van der Waals surface area contributed by atoms with E-state index in [1.165, 1.54) is 16.8 Å². The van der Waals surface area contributed by atoms with Crippen molar-refractivity contribution in [1.29, 1.82) is 5.41 Å². The lowest BCUT2D eigenvalue weighted by Gasteiger charge is -2.20. The fourth-order valence-corrected chi connectivity index (χ4v) is 4.45. The first-order valence-electron chi connectivity index (χ1n) is 10.5. The van der Waals surface area contributed by atoms with Crippen LogP contribution in [0.1, 0.15) is 25.8 Å². The lowest BCUT2D eigenvalue weighted by Crippen LogP contribution is -2.35. The van der Waals surface area contributed by atoms with Crippen LogP contribution in [0.2, 0.25) is 5.02 Å². The van der Waals surface area contributed by atoms with Gasteiger partial charge in [-0.05, 0) is 53.6 Å². The minimum Gasteiger partial charge on any atom is -0.490 e. The van der Waals surface area contributed by atoms with Crippen LogP contribution in [0.25, 0.3) is 6.08 Å². The molecular formula is C24H23ClN4O3S. The maximum Gasteiger partial charge on any atom is 0.283 e. The number of amides is 1. The number of rotatable bonds is 8. The van der Waals surface area contributed by atoms with Crippen LogP contribution in [0.3, 0.4) is 0 Å². The summed E-state index contributed by atoms with van der Waals surface area (Å²) in [6, 6.07) is 14.5. The van der Waals surface area contributed by atoms with E-state index in [-0.39, 0.29) is 11.4 Å².